The summed E-state index contributed by atoms with van der Waals surface area (Å²) >= 11 is 5.83. The SMILES string of the molecule is COc1cccc(NC(=O)C(=O)N/N=C\c2cccc(Cl)c2)c1. The average Bonchev–Trinajstić information content (AvgIpc) is 2.55. The lowest BCUT2D eigenvalue weighted by Crippen LogP contribution is -2.32. The molecule has 2 N–H and O–H groups in total. The number of carbonyl (C=O) groups excluding carboxylic acids is 2. The zero-order valence-electron chi connectivity index (χ0n) is 12.2. The number of hydrogen-bond donors (Lipinski definition) is 2. The Morgan fingerprint density at radius 3 is 2.65 bits per heavy atom. The van der Waals surface area contributed by atoms with Gasteiger partial charge in [-0.05, 0) is 29.8 Å². The standard InChI is InChI=1S/C16H14ClN3O3/c1-23-14-7-3-6-13(9-14)19-15(21)16(22)20-18-10-11-4-2-5-12(17)8-11/h2-10H,1H3,(H,19,21)(H,20,22)/b18-10-. The maximum atomic E-state index is 11.7. The van der Waals surface area contributed by atoms with Crippen molar-refractivity contribution in [1.29, 1.82) is 0 Å². The molecule has 0 spiro atoms. The number of hydrogen-bond acceptors (Lipinski definition) is 4. The molecule has 0 aliphatic heterocycles. The van der Waals surface area contributed by atoms with Crippen LogP contribution in [0.2, 0.25) is 5.02 Å². The Hall–Kier alpha value is -2.86. The first-order valence-electron chi connectivity index (χ1n) is 6.62. The Labute approximate surface area is 138 Å². The minimum atomic E-state index is -0.883. The van der Waals surface area contributed by atoms with E-state index >= 15 is 0 Å². The molecule has 0 saturated heterocycles. The van der Waals surface area contributed by atoms with Crippen molar-refractivity contribution in [2.24, 2.45) is 5.10 Å². The third-order valence-corrected chi connectivity index (χ3v) is 3.00. The molecule has 0 aliphatic rings. The van der Waals surface area contributed by atoms with E-state index in [1.54, 1.807) is 48.5 Å². The lowest BCUT2D eigenvalue weighted by atomic mass is 10.2. The molecule has 2 rings (SSSR count). The van der Waals surface area contributed by atoms with Crippen LogP contribution in [-0.2, 0) is 9.59 Å². The summed E-state index contributed by atoms with van der Waals surface area (Å²) in [5, 5.41) is 6.71. The number of rotatable bonds is 4. The Balaban J connectivity index is 1.91. The number of hydrazone groups is 1. The van der Waals surface area contributed by atoms with E-state index in [9.17, 15) is 9.59 Å². The van der Waals surface area contributed by atoms with E-state index in [2.05, 4.69) is 15.8 Å². The summed E-state index contributed by atoms with van der Waals surface area (Å²) in [7, 11) is 1.51. The van der Waals surface area contributed by atoms with Gasteiger partial charge in [0.15, 0.2) is 0 Å². The number of anilines is 1. The Bertz CT molecular complexity index is 747. The second kappa shape index (κ2) is 7.95. The van der Waals surface area contributed by atoms with Gasteiger partial charge in [0.2, 0.25) is 0 Å². The molecule has 6 nitrogen and oxygen atoms in total. The van der Waals surface area contributed by atoms with Crippen LogP contribution in [0.15, 0.2) is 53.6 Å². The fourth-order valence-corrected chi connectivity index (χ4v) is 1.89. The number of halogens is 1. The van der Waals surface area contributed by atoms with E-state index in [-0.39, 0.29) is 0 Å². The molecule has 2 aromatic carbocycles. The molecule has 118 valence electrons. The number of methoxy groups -OCH3 is 1. The van der Waals surface area contributed by atoms with Gasteiger partial charge in [0.05, 0.1) is 13.3 Å². The fraction of sp³-hybridized carbons (Fsp3) is 0.0625. The van der Waals surface area contributed by atoms with Crippen molar-refractivity contribution in [3.8, 4) is 5.75 Å². The molecule has 0 saturated carbocycles. The van der Waals surface area contributed by atoms with Gasteiger partial charge in [-0.15, -0.1) is 0 Å². The summed E-state index contributed by atoms with van der Waals surface area (Å²) in [5.41, 5.74) is 3.29. The van der Waals surface area contributed by atoms with Crippen LogP contribution in [0.5, 0.6) is 5.75 Å². The molecule has 0 atom stereocenters. The first-order chi connectivity index (χ1) is 11.1. The summed E-state index contributed by atoms with van der Waals surface area (Å²) in [6, 6.07) is 13.6. The van der Waals surface area contributed by atoms with Crippen molar-refractivity contribution in [1.82, 2.24) is 5.43 Å². The third kappa shape index (κ3) is 5.12. The highest BCUT2D eigenvalue weighted by Crippen LogP contribution is 2.16. The molecule has 7 heteroatoms. The van der Waals surface area contributed by atoms with E-state index < -0.39 is 11.8 Å². The first kappa shape index (κ1) is 16.5. The Morgan fingerprint density at radius 2 is 1.91 bits per heavy atom. The normalized spacial score (nSPS) is 10.3. The number of benzene rings is 2. The molecule has 0 aromatic heterocycles. The molecule has 0 aliphatic carbocycles. The Kier molecular flexibility index (Phi) is 5.71. The highest BCUT2D eigenvalue weighted by molar-refractivity contribution is 6.39. The summed E-state index contributed by atoms with van der Waals surface area (Å²) < 4.78 is 5.03. The lowest BCUT2D eigenvalue weighted by molar-refractivity contribution is -0.136. The smallest absolute Gasteiger partial charge is 0.329 e. The minimum absolute atomic E-state index is 0.448. The minimum Gasteiger partial charge on any atom is -0.497 e. The van der Waals surface area contributed by atoms with Crippen molar-refractivity contribution in [3.63, 3.8) is 0 Å². The van der Waals surface area contributed by atoms with Crippen molar-refractivity contribution in [2.45, 2.75) is 0 Å². The lowest BCUT2D eigenvalue weighted by Gasteiger charge is -2.05. The third-order valence-electron chi connectivity index (χ3n) is 2.76. The summed E-state index contributed by atoms with van der Waals surface area (Å²) in [6.07, 6.45) is 1.39. The van der Waals surface area contributed by atoms with Crippen LogP contribution in [0.25, 0.3) is 0 Å². The van der Waals surface area contributed by atoms with Gasteiger partial charge >= 0.3 is 11.8 Å². The van der Waals surface area contributed by atoms with Gasteiger partial charge in [-0.1, -0.05) is 29.8 Å². The maximum absolute atomic E-state index is 11.7. The highest BCUT2D eigenvalue weighted by Gasteiger charge is 2.12. The van der Waals surface area contributed by atoms with Crippen molar-refractivity contribution < 1.29 is 14.3 Å². The number of amides is 2. The van der Waals surface area contributed by atoms with Crippen LogP contribution < -0.4 is 15.5 Å². The van der Waals surface area contributed by atoms with E-state index in [4.69, 9.17) is 16.3 Å². The predicted molar refractivity (Wildman–Crippen MR) is 88.8 cm³/mol. The van der Waals surface area contributed by atoms with E-state index in [1.807, 2.05) is 0 Å². The van der Waals surface area contributed by atoms with Crippen LogP contribution in [0, 0.1) is 0 Å². The molecule has 0 bridgehead atoms. The second-order valence-corrected chi connectivity index (χ2v) is 4.88. The molecule has 0 fully saturated rings. The van der Waals surface area contributed by atoms with Crippen LogP contribution in [0.4, 0.5) is 5.69 Å². The van der Waals surface area contributed by atoms with E-state index in [1.165, 1.54) is 13.3 Å². The van der Waals surface area contributed by atoms with Gasteiger partial charge in [-0.3, -0.25) is 9.59 Å². The summed E-state index contributed by atoms with van der Waals surface area (Å²) in [5.74, 6) is -1.14. The fourth-order valence-electron chi connectivity index (χ4n) is 1.69. The molecule has 2 amide bonds. The van der Waals surface area contributed by atoms with Gasteiger partial charge < -0.3 is 10.1 Å². The van der Waals surface area contributed by atoms with Gasteiger partial charge in [-0.2, -0.15) is 5.10 Å². The van der Waals surface area contributed by atoms with Crippen molar-refractivity contribution >= 4 is 35.3 Å². The molecule has 23 heavy (non-hydrogen) atoms. The largest absolute Gasteiger partial charge is 0.497 e. The molecule has 0 heterocycles. The van der Waals surface area contributed by atoms with Crippen LogP contribution in [0.1, 0.15) is 5.56 Å². The number of carbonyl (C=O) groups is 2. The summed E-state index contributed by atoms with van der Waals surface area (Å²) in [4.78, 5) is 23.4. The molecule has 0 unspecified atom stereocenters. The van der Waals surface area contributed by atoms with E-state index in [0.717, 1.165) is 0 Å². The van der Waals surface area contributed by atoms with Crippen LogP contribution in [-0.4, -0.2) is 25.1 Å². The number of ether oxygens (including phenoxy) is 1. The second-order valence-electron chi connectivity index (χ2n) is 4.44. The highest BCUT2D eigenvalue weighted by atomic mass is 35.5. The average molecular weight is 332 g/mol. The predicted octanol–water partition coefficient (Wildman–Crippen LogP) is 2.44. The van der Waals surface area contributed by atoms with Crippen molar-refractivity contribution in [2.75, 3.05) is 12.4 Å². The van der Waals surface area contributed by atoms with Gasteiger partial charge in [0, 0.05) is 16.8 Å². The summed E-state index contributed by atoms with van der Waals surface area (Å²) in [6.45, 7) is 0. The maximum Gasteiger partial charge on any atom is 0.329 e. The van der Waals surface area contributed by atoms with Gasteiger partial charge in [0.1, 0.15) is 5.75 Å². The monoisotopic (exact) mass is 331 g/mol. The van der Waals surface area contributed by atoms with Gasteiger partial charge in [0.25, 0.3) is 0 Å². The molecular formula is C16H14ClN3O3. The zero-order valence-corrected chi connectivity index (χ0v) is 13.0. The quantitative estimate of drug-likeness (QED) is 0.513. The molecule has 0 radical (unpaired) electrons. The zero-order chi connectivity index (χ0) is 16.7. The van der Waals surface area contributed by atoms with Crippen LogP contribution in [0.3, 0.4) is 0 Å². The topological polar surface area (TPSA) is 79.8 Å². The number of nitrogens with zero attached hydrogens (tertiary/aromatic N) is 1. The first-order valence-corrected chi connectivity index (χ1v) is 7.00. The molecular weight excluding hydrogens is 318 g/mol. The number of nitrogens with one attached hydrogen (secondary N) is 2. The Morgan fingerprint density at radius 1 is 1.13 bits per heavy atom. The van der Waals surface area contributed by atoms with Gasteiger partial charge in [-0.25, -0.2) is 5.43 Å². The molecule has 2 aromatic rings. The van der Waals surface area contributed by atoms with E-state index in [0.29, 0.717) is 22.0 Å². The van der Waals surface area contributed by atoms with Crippen molar-refractivity contribution in [3.05, 3.63) is 59.1 Å². The van der Waals surface area contributed by atoms with Crippen LogP contribution >= 0.6 is 11.6 Å².